The van der Waals surface area contributed by atoms with E-state index in [0.717, 1.165) is 41.7 Å². The Balaban J connectivity index is 1.50. The Bertz CT molecular complexity index is 1250. The number of fused-ring (bicyclic) bond motifs is 1. The molecule has 6 heteroatoms. The van der Waals surface area contributed by atoms with Crippen molar-refractivity contribution in [3.8, 4) is 17.9 Å². The number of aryl methyl sites for hydroxylation is 1. The third-order valence-electron chi connectivity index (χ3n) is 5.29. The van der Waals surface area contributed by atoms with Crippen LogP contribution in [0.15, 0.2) is 60.2 Å². The Morgan fingerprint density at radius 1 is 1.09 bits per heavy atom. The zero-order chi connectivity index (χ0) is 22.3. The van der Waals surface area contributed by atoms with E-state index < -0.39 is 5.91 Å². The fourth-order valence-electron chi connectivity index (χ4n) is 3.69. The maximum Gasteiger partial charge on any atom is 0.266 e. The molecule has 1 aliphatic rings. The van der Waals surface area contributed by atoms with Crippen molar-refractivity contribution >= 4 is 28.3 Å². The van der Waals surface area contributed by atoms with Crippen LogP contribution < -0.4 is 10.1 Å². The number of amides is 1. The number of ether oxygens (including phenoxy) is 1. The SMILES string of the molecule is N#CC(=Cc1cccc(OCc2ccccc2)c1)C(=O)Nc1sc2c(c1C#N)CCCC2. The zero-order valence-electron chi connectivity index (χ0n) is 17.4. The lowest BCUT2D eigenvalue weighted by Gasteiger charge is -2.09. The summed E-state index contributed by atoms with van der Waals surface area (Å²) < 4.78 is 5.83. The summed E-state index contributed by atoms with van der Waals surface area (Å²) in [5, 5.41) is 22.5. The van der Waals surface area contributed by atoms with Gasteiger partial charge in [0.05, 0.1) is 5.56 Å². The Hall–Kier alpha value is -3.87. The molecule has 2 aromatic carbocycles. The first-order valence-electron chi connectivity index (χ1n) is 10.4. The molecule has 0 unspecified atom stereocenters. The fourth-order valence-corrected chi connectivity index (χ4v) is 4.93. The summed E-state index contributed by atoms with van der Waals surface area (Å²) in [6.45, 7) is 0.430. The van der Waals surface area contributed by atoms with Crippen molar-refractivity contribution in [2.45, 2.75) is 32.3 Å². The summed E-state index contributed by atoms with van der Waals surface area (Å²) in [6.07, 6.45) is 5.47. The summed E-state index contributed by atoms with van der Waals surface area (Å²) in [5.74, 6) is 0.135. The average molecular weight is 440 g/mol. The number of carbonyl (C=O) groups excluding carboxylic acids is 1. The first kappa shape index (κ1) is 21.4. The summed E-state index contributed by atoms with van der Waals surface area (Å²) in [6, 6.07) is 21.3. The van der Waals surface area contributed by atoms with Crippen molar-refractivity contribution in [1.82, 2.24) is 0 Å². The van der Waals surface area contributed by atoms with Gasteiger partial charge in [0.25, 0.3) is 5.91 Å². The standard InChI is InChI=1S/C26H21N3O2S/c27-15-20(25(30)29-26-23(16-28)22-11-4-5-12-24(22)32-26)13-19-9-6-10-21(14-19)31-17-18-7-2-1-3-8-18/h1-3,6-10,13-14H,4-5,11-12,17H2,(H,29,30). The van der Waals surface area contributed by atoms with Gasteiger partial charge in [0.15, 0.2) is 0 Å². The number of nitrogens with one attached hydrogen (secondary N) is 1. The van der Waals surface area contributed by atoms with E-state index in [4.69, 9.17) is 4.74 Å². The molecule has 1 amide bonds. The van der Waals surface area contributed by atoms with E-state index in [2.05, 4.69) is 11.4 Å². The molecular formula is C26H21N3O2S. The highest BCUT2D eigenvalue weighted by atomic mass is 32.1. The maximum absolute atomic E-state index is 12.8. The van der Waals surface area contributed by atoms with Gasteiger partial charge in [0.2, 0.25) is 0 Å². The molecule has 0 saturated heterocycles. The summed E-state index contributed by atoms with van der Waals surface area (Å²) in [4.78, 5) is 13.9. The lowest BCUT2D eigenvalue weighted by atomic mass is 9.96. The van der Waals surface area contributed by atoms with Crippen molar-refractivity contribution in [3.05, 3.63) is 87.3 Å². The van der Waals surface area contributed by atoms with Crippen molar-refractivity contribution in [1.29, 1.82) is 10.5 Å². The Morgan fingerprint density at radius 2 is 1.91 bits per heavy atom. The molecule has 4 rings (SSSR count). The van der Waals surface area contributed by atoms with Gasteiger partial charge < -0.3 is 10.1 Å². The number of nitriles is 2. The van der Waals surface area contributed by atoms with Crippen molar-refractivity contribution < 1.29 is 9.53 Å². The normalized spacial score (nSPS) is 12.9. The monoisotopic (exact) mass is 439 g/mol. The summed E-state index contributed by atoms with van der Waals surface area (Å²) in [5.41, 5.74) is 3.29. The van der Waals surface area contributed by atoms with Crippen LogP contribution in [0.25, 0.3) is 6.08 Å². The quantitative estimate of drug-likeness (QED) is 0.399. The van der Waals surface area contributed by atoms with E-state index >= 15 is 0 Å². The van der Waals surface area contributed by atoms with Gasteiger partial charge in [0.1, 0.15) is 35.1 Å². The van der Waals surface area contributed by atoms with Gasteiger partial charge in [-0.25, -0.2) is 0 Å². The molecule has 0 radical (unpaired) electrons. The molecule has 1 aromatic heterocycles. The van der Waals surface area contributed by atoms with Gasteiger partial charge in [-0.2, -0.15) is 10.5 Å². The minimum atomic E-state index is -0.516. The predicted octanol–water partition coefficient (Wildman–Crippen LogP) is 5.62. The van der Waals surface area contributed by atoms with E-state index in [0.29, 0.717) is 28.5 Å². The molecule has 1 aliphatic carbocycles. The van der Waals surface area contributed by atoms with Crippen LogP contribution in [0.4, 0.5) is 5.00 Å². The van der Waals surface area contributed by atoms with Gasteiger partial charge >= 0.3 is 0 Å². The summed E-state index contributed by atoms with van der Waals surface area (Å²) >= 11 is 1.44. The largest absolute Gasteiger partial charge is 0.489 e. The van der Waals surface area contributed by atoms with Crippen molar-refractivity contribution in [2.75, 3.05) is 5.32 Å². The first-order valence-corrected chi connectivity index (χ1v) is 11.2. The summed E-state index contributed by atoms with van der Waals surface area (Å²) in [7, 11) is 0. The van der Waals surface area contributed by atoms with Crippen LogP contribution in [0.1, 0.15) is 40.0 Å². The molecule has 0 bridgehead atoms. The number of benzene rings is 2. The Kier molecular flexibility index (Phi) is 6.65. The third kappa shape index (κ3) is 4.88. The molecule has 0 aliphatic heterocycles. The van der Waals surface area contributed by atoms with Gasteiger partial charge in [0, 0.05) is 4.88 Å². The lowest BCUT2D eigenvalue weighted by Crippen LogP contribution is -2.13. The number of nitrogens with zero attached hydrogens (tertiary/aromatic N) is 2. The third-order valence-corrected chi connectivity index (χ3v) is 6.50. The van der Waals surface area contributed by atoms with Crippen LogP contribution in [0.5, 0.6) is 5.75 Å². The van der Waals surface area contributed by atoms with Crippen molar-refractivity contribution in [3.63, 3.8) is 0 Å². The van der Waals surface area contributed by atoms with Gasteiger partial charge in [-0.05, 0) is 60.6 Å². The second kappa shape index (κ2) is 9.96. The number of hydrogen-bond donors (Lipinski definition) is 1. The average Bonchev–Trinajstić information content (AvgIpc) is 3.19. The molecule has 0 saturated carbocycles. The van der Waals surface area contributed by atoms with Crippen LogP contribution >= 0.6 is 11.3 Å². The fraction of sp³-hybridized carbons (Fsp3) is 0.192. The van der Waals surface area contributed by atoms with Crippen LogP contribution in [0.3, 0.4) is 0 Å². The zero-order valence-corrected chi connectivity index (χ0v) is 18.2. The topological polar surface area (TPSA) is 85.9 Å². The van der Waals surface area contributed by atoms with Gasteiger partial charge in [-0.1, -0.05) is 42.5 Å². The molecule has 3 aromatic rings. The molecule has 1 heterocycles. The number of carbonyl (C=O) groups is 1. The van der Waals surface area contributed by atoms with E-state index in [1.54, 1.807) is 6.07 Å². The molecule has 1 N–H and O–H groups in total. The molecule has 0 spiro atoms. The number of rotatable bonds is 6. The smallest absolute Gasteiger partial charge is 0.266 e. The predicted molar refractivity (Wildman–Crippen MR) is 125 cm³/mol. The second-order valence-corrected chi connectivity index (χ2v) is 8.60. The molecular weight excluding hydrogens is 418 g/mol. The van der Waals surface area contributed by atoms with Crippen LogP contribution in [-0.4, -0.2) is 5.91 Å². The van der Waals surface area contributed by atoms with Gasteiger partial charge in [-0.15, -0.1) is 11.3 Å². The molecule has 0 fully saturated rings. The Labute approximate surface area is 191 Å². The van der Waals surface area contributed by atoms with E-state index in [9.17, 15) is 15.3 Å². The highest BCUT2D eigenvalue weighted by Gasteiger charge is 2.22. The molecule has 5 nitrogen and oxygen atoms in total. The highest BCUT2D eigenvalue weighted by molar-refractivity contribution is 7.16. The van der Waals surface area contributed by atoms with E-state index in [-0.39, 0.29) is 5.57 Å². The minimum Gasteiger partial charge on any atom is -0.489 e. The Morgan fingerprint density at radius 3 is 2.69 bits per heavy atom. The molecule has 158 valence electrons. The van der Waals surface area contributed by atoms with Crippen LogP contribution in [0.2, 0.25) is 0 Å². The molecule has 32 heavy (non-hydrogen) atoms. The van der Waals surface area contributed by atoms with Crippen LogP contribution in [-0.2, 0) is 24.2 Å². The van der Waals surface area contributed by atoms with Crippen molar-refractivity contribution in [2.24, 2.45) is 0 Å². The number of thiophene rings is 1. The van der Waals surface area contributed by atoms with E-state index in [1.165, 1.54) is 17.4 Å². The second-order valence-electron chi connectivity index (χ2n) is 7.50. The number of hydrogen-bond acceptors (Lipinski definition) is 5. The lowest BCUT2D eigenvalue weighted by molar-refractivity contribution is -0.112. The van der Waals surface area contributed by atoms with Crippen LogP contribution in [0, 0.1) is 22.7 Å². The van der Waals surface area contributed by atoms with Gasteiger partial charge in [-0.3, -0.25) is 4.79 Å². The number of anilines is 1. The maximum atomic E-state index is 12.8. The van der Waals surface area contributed by atoms with E-state index in [1.807, 2.05) is 54.6 Å². The first-order chi connectivity index (χ1) is 15.7. The highest BCUT2D eigenvalue weighted by Crippen LogP contribution is 2.37. The minimum absolute atomic E-state index is 0.0273. The molecule has 0 atom stereocenters.